The Labute approximate surface area is 145 Å². The van der Waals surface area contributed by atoms with Crippen molar-refractivity contribution in [3.8, 4) is 17.2 Å². The van der Waals surface area contributed by atoms with Gasteiger partial charge in [-0.3, -0.25) is 4.79 Å². The molecule has 0 bridgehead atoms. The highest BCUT2D eigenvalue weighted by Gasteiger charge is 2.12. The molecular weight excluding hydrogens is 328 g/mol. The Bertz CT molecular complexity index is 655. The van der Waals surface area contributed by atoms with Crippen LogP contribution in [0.4, 0.5) is 0 Å². The zero-order valence-electron chi connectivity index (χ0n) is 14.1. The van der Waals surface area contributed by atoms with Gasteiger partial charge < -0.3 is 19.2 Å². The Morgan fingerprint density at radius 3 is 2.71 bits per heavy atom. The van der Waals surface area contributed by atoms with Gasteiger partial charge in [-0.15, -0.1) is 11.8 Å². The number of amides is 1. The van der Waals surface area contributed by atoms with E-state index >= 15 is 0 Å². The molecule has 0 fully saturated rings. The van der Waals surface area contributed by atoms with Gasteiger partial charge in [0.2, 0.25) is 11.8 Å². The van der Waals surface area contributed by atoms with Gasteiger partial charge in [0.25, 0.3) is 0 Å². The van der Waals surface area contributed by atoms with Gasteiger partial charge in [-0.2, -0.15) is 0 Å². The number of oxazole rings is 1. The highest BCUT2D eigenvalue weighted by Crippen LogP contribution is 2.25. The van der Waals surface area contributed by atoms with E-state index in [0.29, 0.717) is 30.5 Å². The fourth-order valence-corrected chi connectivity index (χ4v) is 2.85. The first-order valence-electron chi connectivity index (χ1n) is 7.58. The Balaban J connectivity index is 1.88. The number of carbonyl (C=O) groups is 1. The molecule has 0 radical (unpaired) electrons. The van der Waals surface area contributed by atoms with Crippen LogP contribution >= 0.6 is 11.8 Å². The van der Waals surface area contributed by atoms with Crippen molar-refractivity contribution in [2.45, 2.75) is 12.7 Å². The third-order valence-corrected chi connectivity index (χ3v) is 4.27. The van der Waals surface area contributed by atoms with Gasteiger partial charge in [0.15, 0.2) is 0 Å². The highest BCUT2D eigenvalue weighted by molar-refractivity contribution is 7.99. The van der Waals surface area contributed by atoms with Gasteiger partial charge in [0, 0.05) is 25.0 Å². The molecule has 0 saturated carbocycles. The van der Waals surface area contributed by atoms with E-state index < -0.39 is 0 Å². The Morgan fingerprint density at radius 1 is 1.29 bits per heavy atom. The average Bonchev–Trinajstić information content (AvgIpc) is 2.96. The summed E-state index contributed by atoms with van der Waals surface area (Å²) in [4.78, 5) is 16.2. The number of nitrogens with zero attached hydrogens (tertiary/aromatic N) is 1. The smallest absolute Gasteiger partial charge is 0.230 e. The van der Waals surface area contributed by atoms with Crippen molar-refractivity contribution < 1.29 is 18.7 Å². The number of rotatable bonds is 9. The molecule has 1 aromatic carbocycles. The number of aromatic nitrogens is 1. The van der Waals surface area contributed by atoms with Crippen molar-refractivity contribution in [3.63, 3.8) is 0 Å². The summed E-state index contributed by atoms with van der Waals surface area (Å²) >= 11 is 1.51. The molecule has 0 aliphatic carbocycles. The van der Waals surface area contributed by atoms with Crippen LogP contribution in [-0.2, 0) is 15.3 Å². The molecule has 1 heterocycles. The molecule has 2 rings (SSSR count). The maximum atomic E-state index is 11.6. The van der Waals surface area contributed by atoms with Crippen LogP contribution in [-0.4, -0.2) is 44.0 Å². The summed E-state index contributed by atoms with van der Waals surface area (Å²) in [5.74, 6) is 3.14. The number of ether oxygens (including phenoxy) is 2. The molecule has 0 aliphatic heterocycles. The lowest BCUT2D eigenvalue weighted by Gasteiger charge is -2.03. The Morgan fingerprint density at radius 2 is 2.04 bits per heavy atom. The molecule has 1 N–H and O–H groups in total. The summed E-state index contributed by atoms with van der Waals surface area (Å²) in [6, 6.07) is 7.55. The topological polar surface area (TPSA) is 73.6 Å². The van der Waals surface area contributed by atoms with Crippen LogP contribution in [0.1, 0.15) is 11.5 Å². The second-order valence-corrected chi connectivity index (χ2v) is 6.07. The fraction of sp³-hybridized carbons (Fsp3) is 0.412. The highest BCUT2D eigenvalue weighted by atomic mass is 32.2. The van der Waals surface area contributed by atoms with Gasteiger partial charge >= 0.3 is 0 Å². The molecule has 0 saturated heterocycles. The SMILES string of the molecule is COCCNC(=O)CSCc1nc(-c2ccc(OC)cc2)oc1C. The van der Waals surface area contributed by atoms with Gasteiger partial charge in [0.05, 0.1) is 25.2 Å². The van der Waals surface area contributed by atoms with Crippen LogP contribution in [0, 0.1) is 6.92 Å². The first kappa shape index (κ1) is 18.4. The average molecular weight is 350 g/mol. The van der Waals surface area contributed by atoms with E-state index in [1.807, 2.05) is 31.2 Å². The van der Waals surface area contributed by atoms with E-state index in [0.717, 1.165) is 22.8 Å². The predicted octanol–water partition coefficient (Wildman–Crippen LogP) is 2.65. The van der Waals surface area contributed by atoms with E-state index in [1.54, 1.807) is 14.2 Å². The van der Waals surface area contributed by atoms with E-state index in [2.05, 4.69) is 10.3 Å². The zero-order valence-corrected chi connectivity index (χ0v) is 14.9. The lowest BCUT2D eigenvalue weighted by molar-refractivity contribution is -0.118. The molecule has 7 heteroatoms. The third kappa shape index (κ3) is 5.28. The summed E-state index contributed by atoms with van der Waals surface area (Å²) in [6.45, 7) is 2.93. The van der Waals surface area contributed by atoms with E-state index in [1.165, 1.54) is 11.8 Å². The minimum atomic E-state index is -0.00595. The number of hydrogen-bond donors (Lipinski definition) is 1. The number of carbonyl (C=O) groups excluding carboxylic acids is 1. The lowest BCUT2D eigenvalue weighted by Crippen LogP contribution is -2.28. The van der Waals surface area contributed by atoms with E-state index in [9.17, 15) is 4.79 Å². The Hall–Kier alpha value is -1.99. The normalized spacial score (nSPS) is 10.6. The summed E-state index contributed by atoms with van der Waals surface area (Å²) in [7, 11) is 3.24. The van der Waals surface area contributed by atoms with Crippen molar-refractivity contribution in [1.82, 2.24) is 10.3 Å². The third-order valence-electron chi connectivity index (χ3n) is 3.33. The standard InChI is InChI=1S/C17H22N2O4S/c1-12-15(10-24-11-16(20)18-8-9-21-2)19-17(23-12)13-4-6-14(22-3)7-5-13/h4-7H,8-11H2,1-3H3,(H,18,20). The molecule has 130 valence electrons. The zero-order chi connectivity index (χ0) is 17.4. The number of benzene rings is 1. The quantitative estimate of drug-likeness (QED) is 0.701. The van der Waals surface area contributed by atoms with Crippen LogP contribution in [0.2, 0.25) is 0 Å². The molecule has 6 nitrogen and oxygen atoms in total. The number of thioether (sulfide) groups is 1. The number of nitrogens with one attached hydrogen (secondary N) is 1. The van der Waals surface area contributed by atoms with Crippen LogP contribution in [0.5, 0.6) is 5.75 Å². The van der Waals surface area contributed by atoms with Crippen molar-refractivity contribution in [3.05, 3.63) is 35.7 Å². The van der Waals surface area contributed by atoms with Gasteiger partial charge in [0.1, 0.15) is 11.5 Å². The van der Waals surface area contributed by atoms with Gasteiger partial charge in [-0.25, -0.2) is 4.98 Å². The minimum Gasteiger partial charge on any atom is -0.497 e. The summed E-state index contributed by atoms with van der Waals surface area (Å²) in [5, 5.41) is 2.79. The molecule has 0 spiro atoms. The molecule has 1 amide bonds. The molecule has 2 aromatic rings. The molecular formula is C17H22N2O4S. The summed E-state index contributed by atoms with van der Waals surface area (Å²) in [6.07, 6.45) is 0. The van der Waals surface area contributed by atoms with Crippen molar-refractivity contribution in [2.24, 2.45) is 0 Å². The van der Waals surface area contributed by atoms with Crippen molar-refractivity contribution >= 4 is 17.7 Å². The molecule has 0 aliphatic rings. The second kappa shape index (κ2) is 9.34. The van der Waals surface area contributed by atoms with Gasteiger partial charge in [-0.1, -0.05) is 0 Å². The largest absolute Gasteiger partial charge is 0.497 e. The number of hydrogen-bond acceptors (Lipinski definition) is 6. The first-order chi connectivity index (χ1) is 11.6. The summed E-state index contributed by atoms with van der Waals surface area (Å²) < 4.78 is 15.8. The number of aryl methyl sites for hydroxylation is 1. The Kier molecular flexibility index (Phi) is 7.14. The van der Waals surface area contributed by atoms with E-state index in [-0.39, 0.29) is 5.91 Å². The van der Waals surface area contributed by atoms with Crippen LogP contribution in [0.25, 0.3) is 11.5 Å². The van der Waals surface area contributed by atoms with Crippen LogP contribution in [0.15, 0.2) is 28.7 Å². The molecule has 24 heavy (non-hydrogen) atoms. The maximum absolute atomic E-state index is 11.6. The van der Waals surface area contributed by atoms with Crippen LogP contribution in [0.3, 0.4) is 0 Å². The monoisotopic (exact) mass is 350 g/mol. The lowest BCUT2D eigenvalue weighted by atomic mass is 10.2. The van der Waals surface area contributed by atoms with Gasteiger partial charge in [-0.05, 0) is 31.2 Å². The number of methoxy groups -OCH3 is 2. The first-order valence-corrected chi connectivity index (χ1v) is 8.73. The molecule has 0 atom stereocenters. The van der Waals surface area contributed by atoms with E-state index in [4.69, 9.17) is 13.9 Å². The van der Waals surface area contributed by atoms with Crippen molar-refractivity contribution in [2.75, 3.05) is 33.1 Å². The van der Waals surface area contributed by atoms with Crippen molar-refractivity contribution in [1.29, 1.82) is 0 Å². The fourth-order valence-electron chi connectivity index (χ4n) is 2.00. The summed E-state index contributed by atoms with van der Waals surface area (Å²) in [5.41, 5.74) is 1.75. The second-order valence-electron chi connectivity index (χ2n) is 5.09. The minimum absolute atomic E-state index is 0.00595. The predicted molar refractivity (Wildman–Crippen MR) is 94.3 cm³/mol. The molecule has 1 aromatic heterocycles. The van der Waals surface area contributed by atoms with Crippen LogP contribution < -0.4 is 10.1 Å². The maximum Gasteiger partial charge on any atom is 0.230 e. The molecule has 0 unspecified atom stereocenters.